The summed E-state index contributed by atoms with van der Waals surface area (Å²) in [5.41, 5.74) is 11.7. The number of nitrogen functional groups attached to an aromatic ring is 2. The quantitative estimate of drug-likeness (QED) is 0.613. The van der Waals surface area contributed by atoms with Gasteiger partial charge in [0, 0.05) is 16.5 Å². The first-order valence-corrected chi connectivity index (χ1v) is 6.76. The minimum Gasteiger partial charge on any atom is -0.476 e. The summed E-state index contributed by atoms with van der Waals surface area (Å²) in [6, 6.07) is 6.38. The van der Waals surface area contributed by atoms with Crippen molar-refractivity contribution in [2.75, 3.05) is 11.5 Å². The maximum absolute atomic E-state index is 12.5. The first-order chi connectivity index (χ1) is 9.99. The summed E-state index contributed by atoms with van der Waals surface area (Å²) in [6.07, 6.45) is 0. The molecule has 3 rings (SSSR count). The molecule has 2 heterocycles. The Bertz CT molecular complexity index is 912. The van der Waals surface area contributed by atoms with E-state index in [9.17, 15) is 14.7 Å². The van der Waals surface area contributed by atoms with Gasteiger partial charge in [0.2, 0.25) is 0 Å². The predicted molar refractivity (Wildman–Crippen MR) is 81.0 cm³/mol. The number of aromatic nitrogens is 2. The number of fused-ring (bicyclic) bond motifs is 1. The Morgan fingerprint density at radius 1 is 1.24 bits per heavy atom. The number of aromatic carboxylic acids is 1. The molecule has 8 heteroatoms. The fraction of sp³-hybridized carbons (Fsp3) is 0. The maximum Gasteiger partial charge on any atom is 0.357 e. The highest BCUT2D eigenvalue weighted by molar-refractivity contribution is 7.15. The van der Waals surface area contributed by atoms with Gasteiger partial charge in [-0.15, -0.1) is 11.3 Å². The number of hydrogen-bond donors (Lipinski definition) is 3. The molecular weight excluding hydrogens is 292 g/mol. The van der Waals surface area contributed by atoms with Crippen LogP contribution in [0, 0.1) is 0 Å². The summed E-state index contributed by atoms with van der Waals surface area (Å²) in [7, 11) is 0. The topological polar surface area (TPSA) is 124 Å². The van der Waals surface area contributed by atoms with Crippen LogP contribution in [0.1, 0.15) is 10.5 Å². The van der Waals surface area contributed by atoms with E-state index in [1.165, 1.54) is 5.38 Å². The van der Waals surface area contributed by atoms with E-state index < -0.39 is 11.5 Å². The molecule has 0 aliphatic heterocycles. The lowest BCUT2D eigenvalue weighted by Gasteiger charge is -2.07. The third kappa shape index (κ3) is 2.01. The van der Waals surface area contributed by atoms with E-state index in [2.05, 4.69) is 5.10 Å². The lowest BCUT2D eigenvalue weighted by Crippen LogP contribution is -2.24. The van der Waals surface area contributed by atoms with Crippen LogP contribution >= 0.6 is 11.3 Å². The van der Waals surface area contributed by atoms with Crippen molar-refractivity contribution in [2.45, 2.75) is 0 Å². The molecule has 7 nitrogen and oxygen atoms in total. The Labute approximate surface area is 122 Å². The van der Waals surface area contributed by atoms with Crippen LogP contribution in [0.5, 0.6) is 0 Å². The molecule has 5 N–H and O–H groups in total. The van der Waals surface area contributed by atoms with Crippen molar-refractivity contribution in [3.05, 3.63) is 45.7 Å². The van der Waals surface area contributed by atoms with Crippen molar-refractivity contribution < 1.29 is 9.90 Å². The molecule has 106 valence electrons. The van der Waals surface area contributed by atoms with Gasteiger partial charge in [0.05, 0.1) is 16.1 Å². The Morgan fingerprint density at radius 2 is 1.90 bits per heavy atom. The summed E-state index contributed by atoms with van der Waals surface area (Å²) >= 11 is 1.11. The molecule has 0 bridgehead atoms. The SMILES string of the molecule is Nc1ccc(-n2nc(C(=O)O)c3csc(N)c3c2=O)cc1. The number of thiophene rings is 1. The zero-order valence-corrected chi connectivity index (χ0v) is 11.4. The van der Waals surface area contributed by atoms with Crippen LogP contribution in [-0.4, -0.2) is 20.9 Å². The monoisotopic (exact) mass is 302 g/mol. The van der Waals surface area contributed by atoms with Crippen LogP contribution in [0.3, 0.4) is 0 Å². The minimum absolute atomic E-state index is 0.171. The standard InChI is InChI=1S/C13H10N4O3S/c14-6-1-3-7(4-2-6)17-12(18)9-8(5-21-11(9)15)10(16-17)13(19)20/h1-5H,14-15H2,(H,19,20). The second-order valence-electron chi connectivity index (χ2n) is 4.35. The zero-order valence-electron chi connectivity index (χ0n) is 10.6. The normalized spacial score (nSPS) is 10.9. The van der Waals surface area contributed by atoms with Gasteiger partial charge >= 0.3 is 5.97 Å². The van der Waals surface area contributed by atoms with Gasteiger partial charge in [-0.3, -0.25) is 4.79 Å². The number of carboxylic acid groups (broad SMARTS) is 1. The zero-order chi connectivity index (χ0) is 15.1. The summed E-state index contributed by atoms with van der Waals surface area (Å²) in [5, 5.41) is 15.4. The van der Waals surface area contributed by atoms with E-state index in [1.54, 1.807) is 24.3 Å². The molecule has 21 heavy (non-hydrogen) atoms. The summed E-state index contributed by atoms with van der Waals surface area (Å²) in [4.78, 5) is 23.8. The van der Waals surface area contributed by atoms with Crippen molar-refractivity contribution in [2.24, 2.45) is 0 Å². The second kappa shape index (κ2) is 4.60. The third-order valence-corrected chi connectivity index (χ3v) is 3.83. The first-order valence-electron chi connectivity index (χ1n) is 5.88. The number of nitrogens with two attached hydrogens (primary N) is 2. The van der Waals surface area contributed by atoms with E-state index in [4.69, 9.17) is 11.5 Å². The molecule has 0 aliphatic carbocycles. The van der Waals surface area contributed by atoms with Crippen molar-refractivity contribution in [3.63, 3.8) is 0 Å². The molecule has 3 aromatic rings. The lowest BCUT2D eigenvalue weighted by atomic mass is 10.2. The number of nitrogens with zero attached hydrogens (tertiary/aromatic N) is 2. The molecule has 0 spiro atoms. The first kappa shape index (κ1) is 13.1. The largest absolute Gasteiger partial charge is 0.476 e. The van der Waals surface area contributed by atoms with Crippen LogP contribution in [0.15, 0.2) is 34.4 Å². The minimum atomic E-state index is -1.22. The highest BCUT2D eigenvalue weighted by atomic mass is 32.1. The molecule has 2 aromatic heterocycles. The van der Waals surface area contributed by atoms with Gasteiger partial charge in [-0.05, 0) is 24.3 Å². The maximum atomic E-state index is 12.5. The second-order valence-corrected chi connectivity index (χ2v) is 5.26. The number of carbonyl (C=O) groups is 1. The van der Waals surface area contributed by atoms with Gasteiger partial charge < -0.3 is 16.6 Å². The van der Waals surface area contributed by atoms with Crippen molar-refractivity contribution in [1.82, 2.24) is 9.78 Å². The molecule has 0 radical (unpaired) electrons. The van der Waals surface area contributed by atoms with Gasteiger partial charge in [0.25, 0.3) is 5.56 Å². The fourth-order valence-corrected chi connectivity index (χ4v) is 2.81. The predicted octanol–water partition coefficient (Wildman–Crippen LogP) is 1.31. The molecule has 0 atom stereocenters. The van der Waals surface area contributed by atoms with Crippen LogP contribution in [0.4, 0.5) is 10.7 Å². The van der Waals surface area contributed by atoms with Crippen LogP contribution < -0.4 is 17.0 Å². The van der Waals surface area contributed by atoms with Crippen molar-refractivity contribution in [1.29, 1.82) is 0 Å². The Hall–Kier alpha value is -2.87. The van der Waals surface area contributed by atoms with Crippen LogP contribution in [0.2, 0.25) is 0 Å². The van der Waals surface area contributed by atoms with Crippen molar-refractivity contribution in [3.8, 4) is 5.69 Å². The van der Waals surface area contributed by atoms with E-state index in [0.717, 1.165) is 16.0 Å². The highest BCUT2D eigenvalue weighted by Crippen LogP contribution is 2.27. The molecule has 0 fully saturated rings. The summed E-state index contributed by atoms with van der Waals surface area (Å²) in [5.74, 6) is -1.22. The molecule has 0 saturated heterocycles. The van der Waals surface area contributed by atoms with Gasteiger partial charge in [-0.1, -0.05) is 0 Å². The number of benzene rings is 1. The fourth-order valence-electron chi connectivity index (χ4n) is 2.02. The Kier molecular flexibility index (Phi) is 2.88. The molecule has 0 amide bonds. The average Bonchev–Trinajstić information content (AvgIpc) is 2.83. The van der Waals surface area contributed by atoms with Crippen LogP contribution in [-0.2, 0) is 0 Å². The van der Waals surface area contributed by atoms with Crippen LogP contribution in [0.25, 0.3) is 16.5 Å². The summed E-state index contributed by atoms with van der Waals surface area (Å²) < 4.78 is 1.02. The van der Waals surface area contributed by atoms with Gasteiger partial charge in [0.15, 0.2) is 5.69 Å². The van der Waals surface area contributed by atoms with E-state index in [0.29, 0.717) is 11.4 Å². The highest BCUT2D eigenvalue weighted by Gasteiger charge is 2.19. The molecule has 0 saturated carbocycles. The molecule has 1 aromatic carbocycles. The molecule has 0 aliphatic rings. The summed E-state index contributed by atoms with van der Waals surface area (Å²) in [6.45, 7) is 0. The van der Waals surface area contributed by atoms with Gasteiger partial charge in [-0.25, -0.2) is 4.79 Å². The Morgan fingerprint density at radius 3 is 2.52 bits per heavy atom. The van der Waals surface area contributed by atoms with E-state index >= 15 is 0 Å². The smallest absolute Gasteiger partial charge is 0.357 e. The average molecular weight is 302 g/mol. The number of hydrogen-bond acceptors (Lipinski definition) is 6. The number of carboxylic acids is 1. The van der Waals surface area contributed by atoms with Gasteiger partial charge in [0.1, 0.15) is 0 Å². The lowest BCUT2D eigenvalue weighted by molar-refractivity contribution is 0.0691. The Balaban J connectivity index is 2.40. The van der Waals surface area contributed by atoms with E-state index in [1.807, 2.05) is 0 Å². The van der Waals surface area contributed by atoms with Gasteiger partial charge in [-0.2, -0.15) is 9.78 Å². The molecule has 0 unspecified atom stereocenters. The molecular formula is C13H10N4O3S. The van der Waals surface area contributed by atoms with Crippen molar-refractivity contribution >= 4 is 38.8 Å². The third-order valence-electron chi connectivity index (χ3n) is 3.02. The van der Waals surface area contributed by atoms with E-state index in [-0.39, 0.29) is 21.5 Å². The number of anilines is 2. The number of rotatable bonds is 2.